The van der Waals surface area contributed by atoms with Gasteiger partial charge in [0.05, 0.1) is 22.9 Å². The minimum Gasteiger partial charge on any atom is -0.491 e. The van der Waals surface area contributed by atoms with Crippen molar-refractivity contribution < 1.29 is 33.9 Å². The Morgan fingerprint density at radius 1 is 1.02 bits per heavy atom. The number of hydroxylamine groups is 1. The third-order valence-electron chi connectivity index (χ3n) is 11.4. The summed E-state index contributed by atoms with van der Waals surface area (Å²) in [7, 11) is 1.45. The Labute approximate surface area is 374 Å². The van der Waals surface area contributed by atoms with Crippen LogP contribution in [-0.2, 0) is 26.4 Å². The van der Waals surface area contributed by atoms with E-state index in [1.807, 2.05) is 63.2 Å². The number of benzene rings is 3. The molecule has 0 bridgehead atoms. The molecule has 2 aliphatic rings. The van der Waals surface area contributed by atoms with Crippen molar-refractivity contribution in [3.63, 3.8) is 0 Å². The molecule has 1 atom stereocenters. The molecule has 1 saturated heterocycles. The second-order valence-corrected chi connectivity index (χ2v) is 17.2. The molecule has 6 rings (SSSR count). The predicted molar refractivity (Wildman–Crippen MR) is 243 cm³/mol. The first-order chi connectivity index (χ1) is 30.0. The van der Waals surface area contributed by atoms with Crippen LogP contribution in [0.4, 0.5) is 11.6 Å². The molecule has 1 aliphatic heterocycles. The van der Waals surface area contributed by atoms with Crippen molar-refractivity contribution in [3.8, 4) is 17.6 Å². The molecule has 63 heavy (non-hydrogen) atoms. The Balaban J connectivity index is 0.000000738. The van der Waals surface area contributed by atoms with E-state index in [2.05, 4.69) is 47.4 Å². The Bertz CT molecular complexity index is 2380. The molecule has 1 aliphatic carbocycles. The fourth-order valence-corrected chi connectivity index (χ4v) is 7.33. The van der Waals surface area contributed by atoms with Crippen LogP contribution in [0.25, 0.3) is 5.57 Å². The summed E-state index contributed by atoms with van der Waals surface area (Å²) in [5.74, 6) is 0.768. The van der Waals surface area contributed by atoms with Crippen molar-refractivity contribution in [2.24, 2.45) is 11.8 Å². The highest BCUT2D eigenvalue weighted by Crippen LogP contribution is 2.39. The van der Waals surface area contributed by atoms with Crippen LogP contribution in [0.5, 0.6) is 11.5 Å². The summed E-state index contributed by atoms with van der Waals surface area (Å²) < 4.78 is 11.9. The fraction of sp³-hybridized carbons (Fsp3) is 0.408. The number of piperidine rings is 1. The maximum atomic E-state index is 12.9. The summed E-state index contributed by atoms with van der Waals surface area (Å²) in [6.45, 7) is 12.3. The maximum Gasteiger partial charge on any atom is 0.249 e. The number of amides is 3. The van der Waals surface area contributed by atoms with Crippen LogP contribution in [0.2, 0.25) is 5.02 Å². The number of allylic oxidation sites excluding steroid dienone is 2. The molecular formula is C49H57ClN6O7. The molecule has 3 aromatic carbocycles. The zero-order chi connectivity index (χ0) is 45.8. The van der Waals surface area contributed by atoms with Gasteiger partial charge in [-0.2, -0.15) is 5.26 Å². The summed E-state index contributed by atoms with van der Waals surface area (Å²) in [6.07, 6.45) is 7.48. The number of nitrogens with zero attached hydrogens (tertiary/aromatic N) is 4. The number of nitriles is 1. The number of imide groups is 1. The topological polar surface area (TPSA) is 184 Å². The summed E-state index contributed by atoms with van der Waals surface area (Å²) in [5.41, 5.74) is 7.09. The summed E-state index contributed by atoms with van der Waals surface area (Å²) in [6, 6.07) is 20.8. The van der Waals surface area contributed by atoms with E-state index in [1.54, 1.807) is 24.4 Å². The van der Waals surface area contributed by atoms with Gasteiger partial charge in [0.2, 0.25) is 23.7 Å². The number of ether oxygens (including phenoxy) is 2. The number of halogens is 1. The first-order valence-corrected chi connectivity index (χ1v) is 21.7. The van der Waals surface area contributed by atoms with E-state index in [0.717, 1.165) is 40.2 Å². The number of carbonyl (C=O) groups excluding carboxylic acids is 4. The average Bonchev–Trinajstić information content (AvgIpc) is 3.24. The second-order valence-electron chi connectivity index (χ2n) is 16.8. The van der Waals surface area contributed by atoms with E-state index in [9.17, 15) is 29.6 Å². The smallest absolute Gasteiger partial charge is 0.249 e. The van der Waals surface area contributed by atoms with Crippen molar-refractivity contribution in [2.45, 2.75) is 105 Å². The Morgan fingerprint density at radius 2 is 1.75 bits per heavy atom. The van der Waals surface area contributed by atoms with Gasteiger partial charge in [-0.3, -0.25) is 29.7 Å². The molecule has 0 spiro atoms. The normalized spacial score (nSPS) is 14.7. The first-order valence-electron chi connectivity index (χ1n) is 21.3. The lowest BCUT2D eigenvalue weighted by Gasteiger charge is -2.27. The number of carbonyl (C=O) groups is 4. The lowest BCUT2D eigenvalue weighted by atomic mass is 9.77. The lowest BCUT2D eigenvalue weighted by Crippen LogP contribution is -2.39. The van der Waals surface area contributed by atoms with Crippen molar-refractivity contribution in [1.29, 1.82) is 5.26 Å². The Hall–Kier alpha value is -6.10. The molecular weight excluding hydrogens is 820 g/mol. The Kier molecular flexibility index (Phi) is 16.6. The molecule has 3 amide bonds. The highest BCUT2D eigenvalue weighted by molar-refractivity contribution is 6.32. The van der Waals surface area contributed by atoms with E-state index in [4.69, 9.17) is 21.1 Å². The van der Waals surface area contributed by atoms with Gasteiger partial charge in [0.25, 0.3) is 0 Å². The van der Waals surface area contributed by atoms with Crippen LogP contribution in [0.3, 0.4) is 0 Å². The zero-order valence-corrected chi connectivity index (χ0v) is 37.9. The quantitative estimate of drug-likeness (QED) is 0.0421. The number of Topliss-reactive ketones (excluding diaryl/α,β-unsaturated/α-hetero) is 1. The van der Waals surface area contributed by atoms with Gasteiger partial charge < -0.3 is 14.8 Å². The fourth-order valence-electron chi connectivity index (χ4n) is 7.06. The number of unbranched alkanes of at least 4 members (excludes halogenated alkanes) is 1. The third-order valence-corrected chi connectivity index (χ3v) is 11.7. The number of ketones is 1. The van der Waals surface area contributed by atoms with Crippen LogP contribution >= 0.6 is 11.6 Å². The van der Waals surface area contributed by atoms with Crippen LogP contribution in [0.1, 0.15) is 131 Å². The molecule has 13 nitrogen and oxygen atoms in total. The molecule has 332 valence electrons. The monoisotopic (exact) mass is 876 g/mol. The number of hydrogen-bond acceptors (Lipinski definition) is 11. The molecule has 0 radical (unpaired) electrons. The van der Waals surface area contributed by atoms with Crippen molar-refractivity contribution in [2.75, 3.05) is 24.0 Å². The van der Waals surface area contributed by atoms with Gasteiger partial charge in [0, 0.05) is 54.6 Å². The molecule has 2 heterocycles. The standard InChI is InChI=1S/C43H48ClN5O5.C6H9NO2/c1-27(2)40(51)36-18-15-33(24-37(36)28(3)29-10-9-11-29)47-39(50)12-7-8-21-53-41-30(25-45)22-32(23-38(41)44)43(4,5)31-13-16-35(17-14-31)54-26-34-19-20-46-42(48-34)49(6)52;1-4-2-3-5(8)7-6(4)9/h13-20,22-24,27,52H,7-12,21,26H2,1-6H3,(H,47,50);4H,2-3H2,1H3,(H,7,8,9). The largest absolute Gasteiger partial charge is 0.491 e. The van der Waals surface area contributed by atoms with Crippen molar-refractivity contribution in [1.82, 2.24) is 15.3 Å². The SMILES string of the molecule is CC(=C1CCC1)c1cc(NC(=O)CCCCOc2c(Cl)cc(C(C)(C)c3ccc(OCc4ccnc(N(C)O)n4)cc3)cc2C#N)ccc1C(=O)C(C)C.CC1CCC(=O)NC1=O. The minimum atomic E-state index is -0.495. The van der Waals surface area contributed by atoms with Crippen LogP contribution in [-0.4, -0.2) is 52.3 Å². The molecule has 1 aromatic heterocycles. The van der Waals surface area contributed by atoms with Gasteiger partial charge in [-0.25, -0.2) is 15.0 Å². The molecule has 1 unspecified atom stereocenters. The summed E-state index contributed by atoms with van der Waals surface area (Å²) in [4.78, 5) is 55.2. The average molecular weight is 877 g/mol. The van der Waals surface area contributed by atoms with Gasteiger partial charge in [0.15, 0.2) is 11.5 Å². The highest BCUT2D eigenvalue weighted by atomic mass is 35.5. The highest BCUT2D eigenvalue weighted by Gasteiger charge is 2.27. The zero-order valence-electron chi connectivity index (χ0n) is 37.1. The molecule has 3 N–H and O–H groups in total. The number of hydrogen-bond donors (Lipinski definition) is 3. The van der Waals surface area contributed by atoms with Gasteiger partial charge in [-0.1, -0.05) is 63.9 Å². The number of anilines is 2. The van der Waals surface area contributed by atoms with Gasteiger partial charge in [-0.05, 0) is 116 Å². The number of aromatic nitrogens is 2. The lowest BCUT2D eigenvalue weighted by molar-refractivity contribution is -0.135. The summed E-state index contributed by atoms with van der Waals surface area (Å²) >= 11 is 6.72. The first kappa shape index (κ1) is 47.9. The molecule has 14 heteroatoms. The molecule has 2 fully saturated rings. The van der Waals surface area contributed by atoms with Crippen LogP contribution in [0.15, 0.2) is 72.4 Å². The number of rotatable bonds is 16. The van der Waals surface area contributed by atoms with Gasteiger partial charge >= 0.3 is 0 Å². The predicted octanol–water partition coefficient (Wildman–Crippen LogP) is 9.77. The number of nitrogens with one attached hydrogen (secondary N) is 2. The third kappa shape index (κ3) is 12.7. The van der Waals surface area contributed by atoms with Crippen molar-refractivity contribution >= 4 is 52.3 Å². The van der Waals surface area contributed by atoms with Crippen LogP contribution < -0.4 is 25.2 Å². The second kappa shape index (κ2) is 21.8. The van der Waals surface area contributed by atoms with E-state index < -0.39 is 5.41 Å². The summed E-state index contributed by atoms with van der Waals surface area (Å²) in [5, 5.41) is 26.1. The Morgan fingerprint density at radius 3 is 2.37 bits per heavy atom. The van der Waals surface area contributed by atoms with E-state index in [-0.39, 0.29) is 47.9 Å². The van der Waals surface area contributed by atoms with E-state index in [0.29, 0.717) is 77.7 Å². The van der Waals surface area contributed by atoms with E-state index >= 15 is 0 Å². The maximum absolute atomic E-state index is 12.9. The van der Waals surface area contributed by atoms with Crippen LogP contribution in [0, 0.1) is 23.2 Å². The van der Waals surface area contributed by atoms with E-state index in [1.165, 1.54) is 19.0 Å². The van der Waals surface area contributed by atoms with Gasteiger partial charge in [-0.15, -0.1) is 0 Å². The minimum absolute atomic E-state index is 0.0164. The van der Waals surface area contributed by atoms with Crippen molar-refractivity contribution in [3.05, 3.63) is 111 Å². The molecule has 4 aromatic rings. The molecule has 1 saturated carbocycles. The van der Waals surface area contributed by atoms with Gasteiger partial charge in [0.1, 0.15) is 18.4 Å².